The van der Waals surface area contributed by atoms with E-state index in [0.29, 0.717) is 16.3 Å². The summed E-state index contributed by atoms with van der Waals surface area (Å²) in [6.07, 6.45) is 0. The third kappa shape index (κ3) is 3.37. The van der Waals surface area contributed by atoms with Crippen LogP contribution in [-0.2, 0) is 4.79 Å². The van der Waals surface area contributed by atoms with Gasteiger partial charge in [0.15, 0.2) is 0 Å². The van der Waals surface area contributed by atoms with Crippen LogP contribution in [0.5, 0.6) is 0 Å². The van der Waals surface area contributed by atoms with Crippen LogP contribution in [0.3, 0.4) is 0 Å². The molecule has 0 saturated carbocycles. The van der Waals surface area contributed by atoms with Crippen LogP contribution in [0.25, 0.3) is 0 Å². The molecule has 0 aromatic heterocycles. The minimum atomic E-state index is -0.960. The molecule has 0 radical (unpaired) electrons. The SMILES string of the molecule is CC(NC(=O)c1ccc(N)c(Cl)c1)C(C)C(=O)O. The molecule has 0 heterocycles. The second-order valence-corrected chi connectivity index (χ2v) is 4.53. The van der Waals surface area contributed by atoms with Crippen molar-refractivity contribution < 1.29 is 14.7 Å². The highest BCUT2D eigenvalue weighted by Gasteiger charge is 2.21. The number of carboxylic acid groups (broad SMARTS) is 1. The summed E-state index contributed by atoms with van der Waals surface area (Å²) in [6, 6.07) is 4.04. The van der Waals surface area contributed by atoms with Crippen LogP contribution in [0, 0.1) is 5.92 Å². The highest BCUT2D eigenvalue weighted by Crippen LogP contribution is 2.19. The molecule has 0 aliphatic rings. The summed E-state index contributed by atoms with van der Waals surface area (Å²) in [5, 5.41) is 11.7. The highest BCUT2D eigenvalue weighted by atomic mass is 35.5. The standard InChI is InChI=1S/C12H15ClN2O3/c1-6(12(17)18)7(2)15-11(16)8-3-4-10(14)9(13)5-8/h3-7H,14H2,1-2H3,(H,15,16)(H,17,18). The van der Waals surface area contributed by atoms with E-state index in [9.17, 15) is 9.59 Å². The molecule has 0 fully saturated rings. The number of carbonyl (C=O) groups is 2. The van der Waals surface area contributed by atoms with Crippen molar-refractivity contribution in [3.63, 3.8) is 0 Å². The van der Waals surface area contributed by atoms with Gasteiger partial charge < -0.3 is 16.2 Å². The summed E-state index contributed by atoms with van der Waals surface area (Å²) in [5.41, 5.74) is 6.27. The Kier molecular flexibility index (Phi) is 4.55. The summed E-state index contributed by atoms with van der Waals surface area (Å²) in [4.78, 5) is 22.6. The smallest absolute Gasteiger partial charge is 0.308 e. The summed E-state index contributed by atoms with van der Waals surface area (Å²) in [5.74, 6) is -2.01. The Labute approximate surface area is 110 Å². The molecular formula is C12H15ClN2O3. The van der Waals surface area contributed by atoms with Crippen LogP contribution < -0.4 is 11.1 Å². The van der Waals surface area contributed by atoms with E-state index in [1.54, 1.807) is 6.92 Å². The van der Waals surface area contributed by atoms with Crippen LogP contribution >= 0.6 is 11.6 Å². The summed E-state index contributed by atoms with van der Waals surface area (Å²) in [6.45, 7) is 3.17. The third-order valence-electron chi connectivity index (χ3n) is 2.76. The maximum absolute atomic E-state index is 11.8. The van der Waals surface area contributed by atoms with Crippen LogP contribution in [0.15, 0.2) is 18.2 Å². The van der Waals surface area contributed by atoms with Crippen molar-refractivity contribution in [3.8, 4) is 0 Å². The molecule has 1 rings (SSSR count). The normalized spacial score (nSPS) is 13.7. The van der Waals surface area contributed by atoms with Gasteiger partial charge in [0.25, 0.3) is 5.91 Å². The number of carbonyl (C=O) groups excluding carboxylic acids is 1. The van der Waals surface area contributed by atoms with E-state index in [2.05, 4.69) is 5.32 Å². The summed E-state index contributed by atoms with van der Waals surface area (Å²) < 4.78 is 0. The van der Waals surface area contributed by atoms with E-state index in [-0.39, 0.29) is 5.91 Å². The molecular weight excluding hydrogens is 256 g/mol. The zero-order chi connectivity index (χ0) is 13.9. The average Bonchev–Trinajstić information content (AvgIpc) is 2.31. The van der Waals surface area contributed by atoms with Crippen LogP contribution in [0.4, 0.5) is 5.69 Å². The number of nitrogen functional groups attached to an aromatic ring is 1. The molecule has 0 aliphatic carbocycles. The van der Waals surface area contributed by atoms with E-state index >= 15 is 0 Å². The number of aliphatic carboxylic acids is 1. The number of nitrogens with one attached hydrogen (secondary N) is 1. The molecule has 6 heteroatoms. The lowest BCUT2D eigenvalue weighted by molar-refractivity contribution is -0.141. The quantitative estimate of drug-likeness (QED) is 0.727. The molecule has 1 aromatic rings. The maximum atomic E-state index is 11.8. The number of carboxylic acids is 1. The summed E-state index contributed by atoms with van der Waals surface area (Å²) >= 11 is 5.81. The fourth-order valence-electron chi connectivity index (χ4n) is 1.30. The molecule has 0 aliphatic heterocycles. The molecule has 18 heavy (non-hydrogen) atoms. The van der Waals surface area contributed by atoms with Gasteiger partial charge in [0.05, 0.1) is 16.6 Å². The number of amides is 1. The van der Waals surface area contributed by atoms with E-state index < -0.39 is 17.9 Å². The van der Waals surface area contributed by atoms with Gasteiger partial charge in [0, 0.05) is 11.6 Å². The minimum Gasteiger partial charge on any atom is -0.481 e. The van der Waals surface area contributed by atoms with Crippen molar-refractivity contribution in [1.29, 1.82) is 0 Å². The lowest BCUT2D eigenvalue weighted by Crippen LogP contribution is -2.40. The second kappa shape index (κ2) is 5.73. The van der Waals surface area contributed by atoms with Gasteiger partial charge in [-0.05, 0) is 32.0 Å². The Morgan fingerprint density at radius 3 is 2.50 bits per heavy atom. The molecule has 1 aromatic carbocycles. The molecule has 0 saturated heterocycles. The van der Waals surface area contributed by atoms with E-state index in [0.717, 1.165) is 0 Å². The van der Waals surface area contributed by atoms with E-state index in [1.807, 2.05) is 0 Å². The second-order valence-electron chi connectivity index (χ2n) is 4.13. The first-order valence-corrected chi connectivity index (χ1v) is 5.79. The number of benzene rings is 1. The van der Waals surface area contributed by atoms with E-state index in [1.165, 1.54) is 25.1 Å². The predicted molar refractivity (Wildman–Crippen MR) is 69.6 cm³/mol. The van der Waals surface area contributed by atoms with Gasteiger partial charge in [0.2, 0.25) is 0 Å². The maximum Gasteiger partial charge on any atom is 0.308 e. The van der Waals surface area contributed by atoms with Crippen LogP contribution in [0.2, 0.25) is 5.02 Å². The van der Waals surface area contributed by atoms with Gasteiger partial charge in [-0.3, -0.25) is 9.59 Å². The fourth-order valence-corrected chi connectivity index (χ4v) is 1.48. The first-order valence-electron chi connectivity index (χ1n) is 5.41. The van der Waals surface area contributed by atoms with Crippen LogP contribution in [-0.4, -0.2) is 23.0 Å². The van der Waals surface area contributed by atoms with Crippen LogP contribution in [0.1, 0.15) is 24.2 Å². The highest BCUT2D eigenvalue weighted by molar-refractivity contribution is 6.33. The number of hydrogen-bond donors (Lipinski definition) is 3. The zero-order valence-corrected chi connectivity index (χ0v) is 10.9. The first kappa shape index (κ1) is 14.3. The van der Waals surface area contributed by atoms with Gasteiger partial charge in [-0.25, -0.2) is 0 Å². The molecule has 0 spiro atoms. The van der Waals surface area contributed by atoms with Crippen molar-refractivity contribution in [2.45, 2.75) is 19.9 Å². The monoisotopic (exact) mass is 270 g/mol. The number of anilines is 1. The number of hydrogen-bond acceptors (Lipinski definition) is 3. The number of halogens is 1. The Hall–Kier alpha value is -1.75. The lowest BCUT2D eigenvalue weighted by atomic mass is 10.0. The Balaban J connectivity index is 2.76. The minimum absolute atomic E-state index is 0.293. The zero-order valence-electron chi connectivity index (χ0n) is 10.1. The molecule has 2 atom stereocenters. The number of rotatable bonds is 4. The molecule has 4 N–H and O–H groups in total. The molecule has 5 nitrogen and oxygen atoms in total. The van der Waals surface area contributed by atoms with Crippen molar-refractivity contribution in [2.75, 3.05) is 5.73 Å². The molecule has 2 unspecified atom stereocenters. The Morgan fingerprint density at radius 2 is 2.00 bits per heavy atom. The Bertz CT molecular complexity index is 476. The molecule has 1 amide bonds. The fraction of sp³-hybridized carbons (Fsp3) is 0.333. The van der Waals surface area contributed by atoms with Crippen molar-refractivity contribution >= 4 is 29.2 Å². The van der Waals surface area contributed by atoms with Crippen molar-refractivity contribution in [1.82, 2.24) is 5.32 Å². The van der Waals surface area contributed by atoms with Gasteiger partial charge in [-0.2, -0.15) is 0 Å². The lowest BCUT2D eigenvalue weighted by Gasteiger charge is -2.17. The van der Waals surface area contributed by atoms with E-state index in [4.69, 9.17) is 22.4 Å². The average molecular weight is 271 g/mol. The largest absolute Gasteiger partial charge is 0.481 e. The van der Waals surface area contributed by atoms with Gasteiger partial charge >= 0.3 is 5.97 Å². The van der Waals surface area contributed by atoms with Crippen molar-refractivity contribution in [2.24, 2.45) is 5.92 Å². The van der Waals surface area contributed by atoms with Gasteiger partial charge in [-0.1, -0.05) is 11.6 Å². The third-order valence-corrected chi connectivity index (χ3v) is 3.09. The summed E-state index contributed by atoms with van der Waals surface area (Å²) in [7, 11) is 0. The molecule has 0 bridgehead atoms. The van der Waals surface area contributed by atoms with Gasteiger partial charge in [0.1, 0.15) is 0 Å². The van der Waals surface area contributed by atoms with Crippen molar-refractivity contribution in [3.05, 3.63) is 28.8 Å². The number of nitrogens with two attached hydrogens (primary N) is 1. The first-order chi connectivity index (χ1) is 8.32. The Morgan fingerprint density at radius 1 is 1.39 bits per heavy atom. The topological polar surface area (TPSA) is 92.4 Å². The van der Waals surface area contributed by atoms with Gasteiger partial charge in [-0.15, -0.1) is 0 Å². The predicted octanol–water partition coefficient (Wildman–Crippen LogP) is 1.76. The molecule has 98 valence electrons.